The summed E-state index contributed by atoms with van der Waals surface area (Å²) in [6.07, 6.45) is 5.59. The van der Waals surface area contributed by atoms with Crippen molar-refractivity contribution in [3.8, 4) is 0 Å². The Balaban J connectivity index is 2.68. The second-order valence-corrected chi connectivity index (χ2v) is 6.15. The van der Waals surface area contributed by atoms with Gasteiger partial charge in [0.15, 0.2) is 5.41 Å². The number of hydrogen-bond donors (Lipinski definition) is 0. The highest BCUT2D eigenvalue weighted by Crippen LogP contribution is 2.32. The maximum Gasteiger partial charge on any atom is 0.323 e. The molecule has 0 N–H and O–H groups in total. The molecule has 22 heavy (non-hydrogen) atoms. The van der Waals surface area contributed by atoms with E-state index in [2.05, 4.69) is 0 Å². The van der Waals surface area contributed by atoms with Crippen LogP contribution in [0.3, 0.4) is 0 Å². The predicted octanol–water partition coefficient (Wildman–Crippen LogP) is 3.25. The van der Waals surface area contributed by atoms with E-state index < -0.39 is 17.4 Å². The summed E-state index contributed by atoms with van der Waals surface area (Å²) in [7, 11) is 0. The van der Waals surface area contributed by atoms with E-state index in [1.807, 2.05) is 13.8 Å². The summed E-state index contributed by atoms with van der Waals surface area (Å²) >= 11 is 0. The van der Waals surface area contributed by atoms with E-state index in [1.54, 1.807) is 6.92 Å². The molecule has 1 fully saturated rings. The van der Waals surface area contributed by atoms with Crippen LogP contribution in [-0.4, -0.2) is 37.9 Å². The highest BCUT2D eigenvalue weighted by atomic mass is 16.6. The Bertz CT molecular complexity index is 325. The summed E-state index contributed by atoms with van der Waals surface area (Å²) < 4.78 is 16.2. The highest BCUT2D eigenvalue weighted by Gasteiger charge is 2.46. The molecule has 1 atom stereocenters. The molecule has 1 rings (SSSR count). The van der Waals surface area contributed by atoms with Gasteiger partial charge in [-0.05, 0) is 32.6 Å². The topological polar surface area (TPSA) is 61.8 Å². The van der Waals surface area contributed by atoms with Crippen molar-refractivity contribution in [2.24, 2.45) is 5.41 Å². The third kappa shape index (κ3) is 5.59. The molecular formula is C17H30O5. The first-order valence-corrected chi connectivity index (χ1v) is 8.50. The molecule has 1 aliphatic heterocycles. The third-order valence-electron chi connectivity index (χ3n) is 4.02. The zero-order valence-electron chi connectivity index (χ0n) is 14.2. The number of esters is 2. The Hall–Kier alpha value is -1.10. The van der Waals surface area contributed by atoms with Crippen molar-refractivity contribution in [2.45, 2.75) is 71.8 Å². The van der Waals surface area contributed by atoms with Gasteiger partial charge in [0, 0.05) is 13.0 Å². The molecule has 0 radical (unpaired) electrons. The minimum atomic E-state index is -1.27. The lowest BCUT2D eigenvalue weighted by atomic mass is 9.83. The molecular weight excluding hydrogens is 284 g/mol. The van der Waals surface area contributed by atoms with Crippen LogP contribution in [0.1, 0.15) is 65.7 Å². The zero-order valence-corrected chi connectivity index (χ0v) is 14.2. The number of hydrogen-bond acceptors (Lipinski definition) is 5. The smallest absolute Gasteiger partial charge is 0.323 e. The van der Waals surface area contributed by atoms with Gasteiger partial charge in [-0.1, -0.05) is 26.7 Å². The molecule has 0 aromatic rings. The minimum absolute atomic E-state index is 0.0672. The van der Waals surface area contributed by atoms with Crippen LogP contribution in [0.25, 0.3) is 0 Å². The van der Waals surface area contributed by atoms with Crippen LogP contribution in [0, 0.1) is 5.41 Å². The maximum absolute atomic E-state index is 12.4. The van der Waals surface area contributed by atoms with Crippen LogP contribution in [0.15, 0.2) is 0 Å². The van der Waals surface area contributed by atoms with Gasteiger partial charge in [0.2, 0.25) is 0 Å². The molecule has 0 aromatic heterocycles. The van der Waals surface area contributed by atoms with Crippen LogP contribution in [0.4, 0.5) is 0 Å². The van der Waals surface area contributed by atoms with Crippen LogP contribution >= 0.6 is 0 Å². The summed E-state index contributed by atoms with van der Waals surface area (Å²) in [5.41, 5.74) is -1.27. The molecule has 1 unspecified atom stereocenters. The van der Waals surface area contributed by atoms with Gasteiger partial charge in [-0.2, -0.15) is 0 Å². The van der Waals surface area contributed by atoms with Crippen LogP contribution < -0.4 is 0 Å². The van der Waals surface area contributed by atoms with E-state index in [-0.39, 0.29) is 6.10 Å². The first-order chi connectivity index (χ1) is 10.5. The molecule has 0 aromatic carbocycles. The molecule has 0 bridgehead atoms. The van der Waals surface area contributed by atoms with Crippen molar-refractivity contribution in [2.75, 3.05) is 19.8 Å². The minimum Gasteiger partial charge on any atom is -0.465 e. The Morgan fingerprint density at radius 3 is 2.05 bits per heavy atom. The van der Waals surface area contributed by atoms with Crippen molar-refractivity contribution in [3.63, 3.8) is 0 Å². The van der Waals surface area contributed by atoms with Crippen molar-refractivity contribution in [3.05, 3.63) is 0 Å². The molecule has 5 nitrogen and oxygen atoms in total. The fourth-order valence-corrected chi connectivity index (χ4v) is 2.45. The van der Waals surface area contributed by atoms with Gasteiger partial charge in [-0.15, -0.1) is 0 Å². The number of carbonyl (C=O) groups is 2. The molecule has 128 valence electrons. The van der Waals surface area contributed by atoms with Gasteiger partial charge >= 0.3 is 11.9 Å². The van der Waals surface area contributed by atoms with Crippen LogP contribution in [0.2, 0.25) is 0 Å². The van der Waals surface area contributed by atoms with E-state index in [9.17, 15) is 9.59 Å². The average Bonchev–Trinajstić information content (AvgIpc) is 3.00. The van der Waals surface area contributed by atoms with Crippen molar-refractivity contribution < 1.29 is 23.8 Å². The number of carbonyl (C=O) groups excluding carboxylic acids is 2. The summed E-state index contributed by atoms with van der Waals surface area (Å²) in [6.45, 7) is 7.06. The quantitative estimate of drug-likeness (QED) is 0.352. The lowest BCUT2D eigenvalue weighted by Crippen LogP contribution is -2.42. The fourth-order valence-electron chi connectivity index (χ4n) is 2.45. The molecule has 0 spiro atoms. The Labute approximate surface area is 133 Å². The van der Waals surface area contributed by atoms with E-state index in [1.165, 1.54) is 0 Å². The van der Waals surface area contributed by atoms with Crippen LogP contribution in [-0.2, 0) is 23.8 Å². The third-order valence-corrected chi connectivity index (χ3v) is 4.02. The van der Waals surface area contributed by atoms with Gasteiger partial charge in [0.25, 0.3) is 0 Å². The van der Waals surface area contributed by atoms with Gasteiger partial charge in [-0.25, -0.2) is 0 Å². The van der Waals surface area contributed by atoms with E-state index in [0.29, 0.717) is 26.2 Å². The van der Waals surface area contributed by atoms with E-state index in [0.717, 1.165) is 38.5 Å². The standard InChI is InChI=1S/C17H30O5/c1-4-6-10-21-15(18)17(3,13-14-9-8-12-20-14)16(19)22-11-7-5-2/h14H,4-13H2,1-3H3. The van der Waals surface area contributed by atoms with Crippen molar-refractivity contribution in [1.82, 2.24) is 0 Å². The SMILES string of the molecule is CCCCOC(=O)C(C)(CC1CCCO1)C(=O)OCCCC. The summed E-state index contributed by atoms with van der Waals surface area (Å²) in [6, 6.07) is 0. The molecule has 0 saturated carbocycles. The highest BCUT2D eigenvalue weighted by molar-refractivity contribution is 5.99. The monoisotopic (exact) mass is 314 g/mol. The van der Waals surface area contributed by atoms with E-state index >= 15 is 0 Å². The van der Waals surface area contributed by atoms with Gasteiger partial charge < -0.3 is 14.2 Å². The van der Waals surface area contributed by atoms with Gasteiger partial charge in [0.1, 0.15) is 0 Å². The number of rotatable bonds is 10. The Morgan fingerprint density at radius 1 is 1.09 bits per heavy atom. The first-order valence-electron chi connectivity index (χ1n) is 8.50. The molecule has 1 saturated heterocycles. The molecule has 1 aliphatic rings. The van der Waals surface area contributed by atoms with E-state index in [4.69, 9.17) is 14.2 Å². The Morgan fingerprint density at radius 2 is 1.64 bits per heavy atom. The lowest BCUT2D eigenvalue weighted by molar-refractivity contribution is -0.174. The Kier molecular flexibility index (Phi) is 8.46. The average molecular weight is 314 g/mol. The summed E-state index contributed by atoms with van der Waals surface area (Å²) in [5, 5.41) is 0. The lowest BCUT2D eigenvalue weighted by Gasteiger charge is -2.27. The largest absolute Gasteiger partial charge is 0.465 e. The zero-order chi connectivity index (χ0) is 16.4. The number of unbranched alkanes of at least 4 members (excludes halogenated alkanes) is 2. The van der Waals surface area contributed by atoms with Crippen LogP contribution in [0.5, 0.6) is 0 Å². The van der Waals surface area contributed by atoms with Gasteiger partial charge in [0.05, 0.1) is 19.3 Å². The second kappa shape index (κ2) is 9.82. The summed E-state index contributed by atoms with van der Waals surface area (Å²) in [5.74, 6) is -0.976. The maximum atomic E-state index is 12.4. The fraction of sp³-hybridized carbons (Fsp3) is 0.882. The summed E-state index contributed by atoms with van der Waals surface area (Å²) in [4.78, 5) is 24.8. The molecule has 0 aliphatic carbocycles. The second-order valence-electron chi connectivity index (χ2n) is 6.15. The molecule has 0 amide bonds. The first kappa shape index (κ1) is 18.9. The number of ether oxygens (including phenoxy) is 3. The van der Waals surface area contributed by atoms with Crippen molar-refractivity contribution >= 4 is 11.9 Å². The van der Waals surface area contributed by atoms with Crippen molar-refractivity contribution in [1.29, 1.82) is 0 Å². The van der Waals surface area contributed by atoms with Gasteiger partial charge in [-0.3, -0.25) is 9.59 Å². The molecule has 5 heteroatoms. The normalized spacial score (nSPS) is 18.2. The molecule has 1 heterocycles. The predicted molar refractivity (Wildman–Crippen MR) is 83.4 cm³/mol.